The zero-order chi connectivity index (χ0) is 15.8. The Hall–Kier alpha value is -1.95. The molecule has 0 aliphatic heterocycles. The summed E-state index contributed by atoms with van der Waals surface area (Å²) in [7, 11) is 6.47. The molecule has 0 bridgehead atoms. The summed E-state index contributed by atoms with van der Waals surface area (Å²) < 4.78 is 21.0. The van der Waals surface area contributed by atoms with Crippen molar-refractivity contribution in [3.63, 3.8) is 0 Å². The van der Waals surface area contributed by atoms with Gasteiger partial charge in [0.1, 0.15) is 17.2 Å². The maximum absolute atomic E-state index is 11.7. The average Bonchev–Trinajstić information content (AvgIpc) is 2.51. The third kappa shape index (κ3) is 4.26. The second-order valence-corrected chi connectivity index (χ2v) is 4.30. The molecule has 0 saturated heterocycles. The summed E-state index contributed by atoms with van der Waals surface area (Å²) in [5.41, 5.74) is 0.761. The molecule has 0 aliphatic carbocycles. The molecular weight excluding hydrogens is 274 g/mol. The van der Waals surface area contributed by atoms with Crippen molar-refractivity contribution in [3.8, 4) is 17.2 Å². The van der Waals surface area contributed by atoms with Crippen LogP contribution < -0.4 is 19.5 Å². The zero-order valence-corrected chi connectivity index (χ0v) is 13.2. The Morgan fingerprint density at radius 3 is 2.10 bits per heavy atom. The average molecular weight is 297 g/mol. The molecule has 0 spiro atoms. The van der Waals surface area contributed by atoms with Crippen molar-refractivity contribution in [2.45, 2.75) is 19.4 Å². The van der Waals surface area contributed by atoms with E-state index in [1.807, 2.05) is 0 Å². The van der Waals surface area contributed by atoms with Gasteiger partial charge in [-0.25, -0.2) is 0 Å². The molecule has 1 atom stereocenters. The van der Waals surface area contributed by atoms with Gasteiger partial charge in [0.25, 0.3) is 0 Å². The topological polar surface area (TPSA) is 66.0 Å². The summed E-state index contributed by atoms with van der Waals surface area (Å²) in [4.78, 5) is 11.7. The summed E-state index contributed by atoms with van der Waals surface area (Å²) in [6, 6.07) is 3.24. The highest BCUT2D eigenvalue weighted by molar-refractivity contribution is 5.71. The summed E-state index contributed by atoms with van der Waals surface area (Å²) >= 11 is 0. The van der Waals surface area contributed by atoms with Gasteiger partial charge in [-0.3, -0.25) is 4.79 Å². The summed E-state index contributed by atoms with van der Waals surface area (Å²) in [6.07, 6.45) is 0.184. The van der Waals surface area contributed by atoms with Gasteiger partial charge in [0.2, 0.25) is 0 Å². The Morgan fingerprint density at radius 2 is 1.71 bits per heavy atom. The Bertz CT molecular complexity index is 450. The molecule has 1 aromatic carbocycles. The van der Waals surface area contributed by atoms with Crippen LogP contribution in [-0.4, -0.2) is 41.0 Å². The van der Waals surface area contributed by atoms with Crippen molar-refractivity contribution in [2.24, 2.45) is 0 Å². The van der Waals surface area contributed by atoms with Gasteiger partial charge < -0.3 is 24.3 Å². The zero-order valence-electron chi connectivity index (χ0n) is 13.2. The number of carbonyl (C=O) groups is 1. The molecule has 6 heteroatoms. The van der Waals surface area contributed by atoms with Crippen molar-refractivity contribution in [2.75, 3.05) is 35.0 Å². The van der Waals surface area contributed by atoms with Crippen LogP contribution in [0.15, 0.2) is 12.1 Å². The SMILES string of the molecule is CCOC(=O)CC(NC)c1c(OC)cc(OC)cc1OC. The van der Waals surface area contributed by atoms with Crippen molar-refractivity contribution >= 4 is 5.97 Å². The highest BCUT2D eigenvalue weighted by Crippen LogP contribution is 2.39. The van der Waals surface area contributed by atoms with Gasteiger partial charge in [0, 0.05) is 18.2 Å². The van der Waals surface area contributed by atoms with E-state index in [1.165, 1.54) is 0 Å². The molecule has 6 nitrogen and oxygen atoms in total. The van der Waals surface area contributed by atoms with E-state index in [1.54, 1.807) is 47.4 Å². The van der Waals surface area contributed by atoms with Gasteiger partial charge in [0.05, 0.1) is 39.9 Å². The number of rotatable bonds is 8. The number of methoxy groups -OCH3 is 3. The molecule has 0 amide bonds. The molecule has 0 radical (unpaired) electrons. The molecular formula is C15H23NO5. The Labute approximate surface area is 125 Å². The van der Waals surface area contributed by atoms with E-state index in [9.17, 15) is 4.79 Å². The lowest BCUT2D eigenvalue weighted by Gasteiger charge is -2.22. The van der Waals surface area contributed by atoms with Crippen molar-refractivity contribution in [1.82, 2.24) is 5.32 Å². The minimum atomic E-state index is -0.281. The van der Waals surface area contributed by atoms with E-state index in [4.69, 9.17) is 18.9 Å². The third-order valence-electron chi connectivity index (χ3n) is 3.13. The van der Waals surface area contributed by atoms with Crippen LogP contribution in [0.4, 0.5) is 0 Å². The molecule has 1 unspecified atom stereocenters. The minimum Gasteiger partial charge on any atom is -0.496 e. The Morgan fingerprint density at radius 1 is 1.14 bits per heavy atom. The fourth-order valence-corrected chi connectivity index (χ4v) is 2.11. The van der Waals surface area contributed by atoms with Crippen molar-refractivity contribution in [3.05, 3.63) is 17.7 Å². The van der Waals surface area contributed by atoms with Gasteiger partial charge in [-0.15, -0.1) is 0 Å². The van der Waals surface area contributed by atoms with Crippen LogP contribution in [0, 0.1) is 0 Å². The summed E-state index contributed by atoms with van der Waals surface area (Å²) in [5.74, 6) is 1.53. The molecule has 118 valence electrons. The first-order valence-corrected chi connectivity index (χ1v) is 6.74. The van der Waals surface area contributed by atoms with Crippen LogP contribution in [0.1, 0.15) is 24.9 Å². The fourth-order valence-electron chi connectivity index (χ4n) is 2.11. The maximum Gasteiger partial charge on any atom is 0.307 e. The molecule has 1 N–H and O–H groups in total. The van der Waals surface area contributed by atoms with Gasteiger partial charge >= 0.3 is 5.97 Å². The molecule has 1 rings (SSSR count). The van der Waals surface area contributed by atoms with Crippen LogP contribution in [0.2, 0.25) is 0 Å². The van der Waals surface area contributed by atoms with Gasteiger partial charge in [-0.2, -0.15) is 0 Å². The lowest BCUT2D eigenvalue weighted by atomic mass is 10.0. The van der Waals surface area contributed by atoms with E-state index in [0.29, 0.717) is 23.9 Å². The number of benzene rings is 1. The third-order valence-corrected chi connectivity index (χ3v) is 3.13. The number of nitrogens with one attached hydrogen (secondary N) is 1. The maximum atomic E-state index is 11.7. The molecule has 0 aromatic heterocycles. The van der Waals surface area contributed by atoms with Crippen LogP contribution in [0.3, 0.4) is 0 Å². The van der Waals surface area contributed by atoms with Crippen LogP contribution in [-0.2, 0) is 9.53 Å². The summed E-state index contributed by atoms with van der Waals surface area (Å²) in [5, 5.41) is 3.09. The van der Waals surface area contributed by atoms with E-state index in [0.717, 1.165) is 5.56 Å². The number of carbonyl (C=O) groups excluding carboxylic acids is 1. The fraction of sp³-hybridized carbons (Fsp3) is 0.533. The lowest BCUT2D eigenvalue weighted by Crippen LogP contribution is -2.22. The van der Waals surface area contributed by atoms with Crippen LogP contribution >= 0.6 is 0 Å². The minimum absolute atomic E-state index is 0.184. The van der Waals surface area contributed by atoms with E-state index >= 15 is 0 Å². The molecule has 1 aromatic rings. The van der Waals surface area contributed by atoms with Gasteiger partial charge in [0.15, 0.2) is 0 Å². The summed E-state index contributed by atoms with van der Waals surface area (Å²) in [6.45, 7) is 2.13. The highest BCUT2D eigenvalue weighted by atomic mass is 16.5. The Kier molecular flexibility index (Phi) is 6.81. The van der Waals surface area contributed by atoms with Crippen molar-refractivity contribution < 1.29 is 23.7 Å². The van der Waals surface area contributed by atoms with Crippen LogP contribution in [0.5, 0.6) is 17.2 Å². The van der Waals surface area contributed by atoms with E-state index < -0.39 is 0 Å². The number of ether oxygens (including phenoxy) is 4. The predicted molar refractivity (Wildman–Crippen MR) is 79.1 cm³/mol. The second-order valence-electron chi connectivity index (χ2n) is 4.30. The first kappa shape index (κ1) is 17.1. The number of hydrogen-bond acceptors (Lipinski definition) is 6. The van der Waals surface area contributed by atoms with E-state index in [2.05, 4.69) is 5.32 Å². The standard InChI is InChI=1S/C15H23NO5/c1-6-21-14(17)9-11(16-2)15-12(19-4)7-10(18-3)8-13(15)20-5/h7-8,11,16H,6,9H2,1-5H3. The first-order chi connectivity index (χ1) is 10.1. The monoisotopic (exact) mass is 297 g/mol. The van der Waals surface area contributed by atoms with E-state index in [-0.39, 0.29) is 18.4 Å². The number of esters is 1. The molecule has 0 saturated carbocycles. The molecule has 0 fully saturated rings. The molecule has 0 heterocycles. The van der Waals surface area contributed by atoms with Gasteiger partial charge in [-0.1, -0.05) is 0 Å². The lowest BCUT2D eigenvalue weighted by molar-refractivity contribution is -0.143. The van der Waals surface area contributed by atoms with Crippen LogP contribution in [0.25, 0.3) is 0 Å². The largest absolute Gasteiger partial charge is 0.496 e. The second kappa shape index (κ2) is 8.36. The Balaban J connectivity index is 3.20. The first-order valence-electron chi connectivity index (χ1n) is 6.74. The molecule has 0 aliphatic rings. The quantitative estimate of drug-likeness (QED) is 0.740. The number of hydrogen-bond donors (Lipinski definition) is 1. The predicted octanol–water partition coefficient (Wildman–Crippen LogP) is 1.93. The smallest absolute Gasteiger partial charge is 0.307 e. The van der Waals surface area contributed by atoms with Gasteiger partial charge in [-0.05, 0) is 14.0 Å². The molecule has 21 heavy (non-hydrogen) atoms. The normalized spacial score (nSPS) is 11.7. The highest BCUT2D eigenvalue weighted by Gasteiger charge is 2.24. The van der Waals surface area contributed by atoms with Crippen molar-refractivity contribution in [1.29, 1.82) is 0 Å².